The fourth-order valence-corrected chi connectivity index (χ4v) is 5.54. The predicted octanol–water partition coefficient (Wildman–Crippen LogP) is 2.41. The standard InChI is InChI=1S/C17H26N2O4S2/c1-4-10(3)14(24)15(21)18-17-11(5-2)7-6-8-13(20)19(17)12(9-25-17)16(22)23/h10-12H,4-9H2,1-3H3,(H,18,21)(H,22,23)/t10?,11?,12-,17?/m1/s1. The monoisotopic (exact) mass is 386 g/mol. The van der Waals surface area contributed by atoms with Crippen molar-refractivity contribution in [1.29, 1.82) is 0 Å². The van der Waals surface area contributed by atoms with Gasteiger partial charge in [0.05, 0.1) is 4.86 Å². The number of hydrogen-bond acceptors (Lipinski definition) is 5. The second-order valence-electron chi connectivity index (χ2n) is 6.75. The smallest absolute Gasteiger partial charge is 0.327 e. The number of carbonyl (C=O) groups is 3. The van der Waals surface area contributed by atoms with E-state index in [1.807, 2.05) is 20.8 Å². The summed E-state index contributed by atoms with van der Waals surface area (Å²) in [5.41, 5.74) is 0. The highest BCUT2D eigenvalue weighted by Crippen LogP contribution is 2.48. The van der Waals surface area contributed by atoms with Crippen LogP contribution in [-0.4, -0.2) is 49.4 Å². The summed E-state index contributed by atoms with van der Waals surface area (Å²) >= 11 is 6.66. The maximum atomic E-state index is 12.8. The average Bonchev–Trinajstić information content (AvgIpc) is 2.91. The van der Waals surface area contributed by atoms with Crippen molar-refractivity contribution in [3.05, 3.63) is 0 Å². The van der Waals surface area contributed by atoms with Crippen molar-refractivity contribution < 1.29 is 19.5 Å². The van der Waals surface area contributed by atoms with Gasteiger partial charge in [-0.2, -0.15) is 0 Å². The number of rotatable bonds is 6. The van der Waals surface area contributed by atoms with Crippen molar-refractivity contribution in [2.45, 2.75) is 63.9 Å². The van der Waals surface area contributed by atoms with Gasteiger partial charge in [-0.25, -0.2) is 4.79 Å². The van der Waals surface area contributed by atoms with E-state index in [1.165, 1.54) is 16.7 Å². The molecule has 2 saturated heterocycles. The Bertz CT molecular complexity index is 583. The molecule has 0 aromatic carbocycles. The number of amides is 2. The summed E-state index contributed by atoms with van der Waals surface area (Å²) in [6, 6.07) is -0.915. The normalized spacial score (nSPS) is 30.4. The van der Waals surface area contributed by atoms with Gasteiger partial charge in [0.1, 0.15) is 6.04 Å². The van der Waals surface area contributed by atoms with E-state index in [0.717, 1.165) is 19.3 Å². The lowest BCUT2D eigenvalue weighted by Crippen LogP contribution is -2.64. The molecule has 0 saturated carbocycles. The number of aliphatic carboxylic acids is 1. The fraction of sp³-hybridized carbons (Fsp3) is 0.765. The number of hydrogen-bond donors (Lipinski definition) is 2. The molecule has 8 heteroatoms. The van der Waals surface area contributed by atoms with Crippen molar-refractivity contribution in [2.24, 2.45) is 11.8 Å². The molecule has 0 aromatic heterocycles. The Labute approximate surface area is 158 Å². The molecule has 4 atom stereocenters. The minimum absolute atomic E-state index is 0.00279. The maximum absolute atomic E-state index is 12.8. The largest absolute Gasteiger partial charge is 0.480 e. The fourth-order valence-electron chi connectivity index (χ4n) is 3.57. The summed E-state index contributed by atoms with van der Waals surface area (Å²) in [4.78, 5) is 37.8. The minimum Gasteiger partial charge on any atom is -0.480 e. The molecule has 140 valence electrons. The highest BCUT2D eigenvalue weighted by Gasteiger charge is 2.57. The number of carboxylic acids is 1. The van der Waals surface area contributed by atoms with Crippen molar-refractivity contribution in [1.82, 2.24) is 10.2 Å². The van der Waals surface area contributed by atoms with Crippen LogP contribution in [0.25, 0.3) is 0 Å². The van der Waals surface area contributed by atoms with Crippen LogP contribution in [0.5, 0.6) is 0 Å². The van der Waals surface area contributed by atoms with Gasteiger partial charge in [-0.05, 0) is 31.6 Å². The highest BCUT2D eigenvalue weighted by atomic mass is 32.2. The third-order valence-electron chi connectivity index (χ3n) is 5.25. The third kappa shape index (κ3) is 3.69. The van der Waals surface area contributed by atoms with E-state index < -0.39 is 17.0 Å². The first-order valence-electron chi connectivity index (χ1n) is 8.83. The summed E-state index contributed by atoms with van der Waals surface area (Å²) < 4.78 is 0. The summed E-state index contributed by atoms with van der Waals surface area (Å²) in [6.45, 7) is 5.87. The van der Waals surface area contributed by atoms with E-state index in [0.29, 0.717) is 17.7 Å². The van der Waals surface area contributed by atoms with Gasteiger partial charge in [-0.1, -0.05) is 33.0 Å². The van der Waals surface area contributed by atoms with Gasteiger partial charge in [-0.15, -0.1) is 11.8 Å². The summed E-state index contributed by atoms with van der Waals surface area (Å²) in [5.74, 6) is -1.36. The van der Waals surface area contributed by atoms with E-state index in [2.05, 4.69) is 5.32 Å². The molecule has 0 aromatic rings. The molecule has 0 bridgehead atoms. The number of nitrogens with zero attached hydrogens (tertiary/aromatic N) is 1. The lowest BCUT2D eigenvalue weighted by Gasteiger charge is -2.43. The Balaban J connectivity index is 2.41. The molecule has 2 aliphatic rings. The Morgan fingerprint density at radius 1 is 1.48 bits per heavy atom. The Morgan fingerprint density at radius 3 is 2.72 bits per heavy atom. The van der Waals surface area contributed by atoms with Crippen LogP contribution in [0.3, 0.4) is 0 Å². The second-order valence-corrected chi connectivity index (χ2v) is 8.43. The molecule has 2 heterocycles. The first-order valence-corrected chi connectivity index (χ1v) is 10.2. The van der Waals surface area contributed by atoms with Gasteiger partial charge in [-0.3, -0.25) is 14.5 Å². The van der Waals surface area contributed by atoms with Gasteiger partial charge in [0.25, 0.3) is 5.91 Å². The molecule has 0 aliphatic carbocycles. The van der Waals surface area contributed by atoms with E-state index >= 15 is 0 Å². The van der Waals surface area contributed by atoms with E-state index in [4.69, 9.17) is 12.2 Å². The molecule has 2 rings (SSSR count). The van der Waals surface area contributed by atoms with E-state index in [1.54, 1.807) is 0 Å². The molecular weight excluding hydrogens is 360 g/mol. The van der Waals surface area contributed by atoms with Crippen LogP contribution in [0.15, 0.2) is 0 Å². The van der Waals surface area contributed by atoms with Crippen molar-refractivity contribution >= 4 is 46.6 Å². The lowest BCUT2D eigenvalue weighted by molar-refractivity contribution is -0.153. The molecular formula is C17H26N2O4S2. The Morgan fingerprint density at radius 2 is 2.16 bits per heavy atom. The molecule has 6 nitrogen and oxygen atoms in total. The quantitative estimate of drug-likeness (QED) is 0.682. The van der Waals surface area contributed by atoms with Crippen LogP contribution >= 0.6 is 24.0 Å². The van der Waals surface area contributed by atoms with Gasteiger partial charge >= 0.3 is 5.97 Å². The lowest BCUT2D eigenvalue weighted by atomic mass is 9.95. The van der Waals surface area contributed by atoms with Crippen LogP contribution in [0.1, 0.15) is 52.9 Å². The Kier molecular flexibility index (Phi) is 6.48. The molecule has 3 unspecified atom stereocenters. The van der Waals surface area contributed by atoms with Crippen LogP contribution in [0.4, 0.5) is 0 Å². The zero-order chi connectivity index (χ0) is 18.8. The zero-order valence-electron chi connectivity index (χ0n) is 14.9. The van der Waals surface area contributed by atoms with Gasteiger partial charge in [0, 0.05) is 18.1 Å². The van der Waals surface area contributed by atoms with Gasteiger partial charge in [0.2, 0.25) is 5.91 Å². The topological polar surface area (TPSA) is 86.7 Å². The second kappa shape index (κ2) is 8.03. The van der Waals surface area contributed by atoms with Crippen molar-refractivity contribution in [2.75, 3.05) is 5.75 Å². The summed E-state index contributed by atoms with van der Waals surface area (Å²) in [5, 5.41) is 12.5. The number of fused-ring (bicyclic) bond motifs is 1. The predicted molar refractivity (Wildman–Crippen MR) is 101 cm³/mol. The van der Waals surface area contributed by atoms with Crippen LogP contribution < -0.4 is 5.32 Å². The van der Waals surface area contributed by atoms with Gasteiger partial charge < -0.3 is 10.4 Å². The zero-order valence-corrected chi connectivity index (χ0v) is 16.5. The third-order valence-corrected chi connectivity index (χ3v) is 7.39. The van der Waals surface area contributed by atoms with E-state index in [9.17, 15) is 19.5 Å². The van der Waals surface area contributed by atoms with Crippen LogP contribution in [0.2, 0.25) is 0 Å². The molecule has 0 radical (unpaired) electrons. The number of thiocarbonyl (C=S) groups is 1. The highest BCUT2D eigenvalue weighted by molar-refractivity contribution is 8.01. The molecule has 2 fully saturated rings. The number of nitrogens with one attached hydrogen (secondary N) is 1. The first kappa shape index (κ1) is 20.2. The summed E-state index contributed by atoms with van der Waals surface area (Å²) in [7, 11) is 0. The van der Waals surface area contributed by atoms with E-state index in [-0.39, 0.29) is 29.4 Å². The number of thioether (sulfide) groups is 1. The SMILES string of the molecule is CCC(C)C(=S)C(=O)NC12SC[C@H](C(=O)O)N1C(=O)CCCC2CC. The van der Waals surface area contributed by atoms with Crippen molar-refractivity contribution in [3.8, 4) is 0 Å². The number of carboxylic acid groups (broad SMARTS) is 1. The molecule has 2 amide bonds. The van der Waals surface area contributed by atoms with Crippen LogP contribution in [0, 0.1) is 11.8 Å². The number of carbonyl (C=O) groups excluding carboxylic acids is 2. The maximum Gasteiger partial charge on any atom is 0.327 e. The molecule has 2 N–H and O–H groups in total. The Hall–Kier alpha value is -1.15. The summed E-state index contributed by atoms with van der Waals surface area (Å²) in [6.07, 6.45) is 3.29. The van der Waals surface area contributed by atoms with Crippen molar-refractivity contribution in [3.63, 3.8) is 0 Å². The van der Waals surface area contributed by atoms with Gasteiger partial charge in [0.15, 0.2) is 4.99 Å². The van der Waals surface area contributed by atoms with Crippen LogP contribution in [-0.2, 0) is 14.4 Å². The molecule has 25 heavy (non-hydrogen) atoms. The first-order chi connectivity index (χ1) is 11.8. The molecule has 0 spiro atoms. The molecule has 2 aliphatic heterocycles. The minimum atomic E-state index is -1.03. The average molecular weight is 387 g/mol.